The van der Waals surface area contributed by atoms with Crippen molar-refractivity contribution in [1.29, 1.82) is 5.26 Å². The molecule has 0 aliphatic heterocycles. The van der Waals surface area contributed by atoms with Crippen molar-refractivity contribution in [3.63, 3.8) is 0 Å². The molecule has 0 aliphatic rings. The van der Waals surface area contributed by atoms with E-state index < -0.39 is 0 Å². The Morgan fingerprint density at radius 2 is 1.95 bits per heavy atom. The number of nitrogens with zero attached hydrogens (tertiary/aromatic N) is 1. The number of benzene rings is 1. The number of likely N-dealkylation sites (N-methyl/N-ethyl adjacent to an activating group) is 1. The lowest BCUT2D eigenvalue weighted by molar-refractivity contribution is -0.895. The van der Waals surface area contributed by atoms with Crippen LogP contribution in [0.25, 0.3) is 0 Å². The Morgan fingerprint density at radius 3 is 2.50 bits per heavy atom. The van der Waals surface area contributed by atoms with Crippen molar-refractivity contribution in [2.75, 3.05) is 32.8 Å². The van der Waals surface area contributed by atoms with Crippen molar-refractivity contribution in [2.45, 2.75) is 13.8 Å². The number of rotatable bonds is 8. The average Bonchev–Trinajstić information content (AvgIpc) is 2.50. The second-order valence-corrected chi connectivity index (χ2v) is 4.48. The Kier molecular flexibility index (Phi) is 7.15. The van der Waals surface area contributed by atoms with Crippen LogP contribution in [0, 0.1) is 11.3 Å². The van der Waals surface area contributed by atoms with Gasteiger partial charge in [0.25, 0.3) is 5.91 Å². The monoisotopic (exact) mass is 276 g/mol. The number of quaternary nitrogens is 1. The van der Waals surface area contributed by atoms with E-state index in [2.05, 4.69) is 19.2 Å². The van der Waals surface area contributed by atoms with Crippen molar-refractivity contribution < 1.29 is 14.4 Å². The number of nitriles is 1. The summed E-state index contributed by atoms with van der Waals surface area (Å²) in [5.74, 6) is 0.467. The summed E-state index contributed by atoms with van der Waals surface area (Å²) >= 11 is 0. The molecular weight excluding hydrogens is 254 g/mol. The van der Waals surface area contributed by atoms with Crippen LogP contribution in [0.5, 0.6) is 5.75 Å². The molecule has 0 saturated carbocycles. The maximum Gasteiger partial charge on any atom is 0.258 e. The third-order valence-corrected chi connectivity index (χ3v) is 3.15. The molecule has 1 aromatic rings. The zero-order valence-electron chi connectivity index (χ0n) is 12.1. The van der Waals surface area contributed by atoms with Crippen molar-refractivity contribution >= 4 is 5.91 Å². The molecule has 0 bridgehead atoms. The summed E-state index contributed by atoms with van der Waals surface area (Å²) in [4.78, 5) is 13.1. The van der Waals surface area contributed by atoms with Crippen molar-refractivity contribution in [3.8, 4) is 11.8 Å². The lowest BCUT2D eigenvalue weighted by Crippen LogP contribution is -3.12. The van der Waals surface area contributed by atoms with E-state index in [0.29, 0.717) is 17.9 Å². The van der Waals surface area contributed by atoms with Gasteiger partial charge in [-0.3, -0.25) is 4.79 Å². The average molecular weight is 276 g/mol. The number of amides is 1. The zero-order chi connectivity index (χ0) is 14.8. The van der Waals surface area contributed by atoms with Gasteiger partial charge in [0.15, 0.2) is 6.61 Å². The van der Waals surface area contributed by atoms with Gasteiger partial charge in [-0.25, -0.2) is 0 Å². The maximum atomic E-state index is 11.6. The molecule has 5 heteroatoms. The van der Waals surface area contributed by atoms with Crippen LogP contribution in [-0.2, 0) is 4.79 Å². The molecule has 5 nitrogen and oxygen atoms in total. The van der Waals surface area contributed by atoms with Crippen LogP contribution in [0.2, 0.25) is 0 Å². The predicted octanol–water partition coefficient (Wildman–Crippen LogP) is -0.0220. The minimum Gasteiger partial charge on any atom is -0.484 e. The molecule has 0 unspecified atom stereocenters. The van der Waals surface area contributed by atoms with Gasteiger partial charge < -0.3 is 15.0 Å². The largest absolute Gasteiger partial charge is 0.484 e. The van der Waals surface area contributed by atoms with Crippen molar-refractivity contribution in [2.24, 2.45) is 0 Å². The molecule has 1 amide bonds. The normalized spacial score (nSPS) is 10.1. The van der Waals surface area contributed by atoms with Gasteiger partial charge in [0, 0.05) is 0 Å². The van der Waals surface area contributed by atoms with Gasteiger partial charge in [-0.1, -0.05) is 0 Å². The lowest BCUT2D eigenvalue weighted by atomic mass is 10.2. The summed E-state index contributed by atoms with van der Waals surface area (Å²) in [6, 6.07) is 8.73. The van der Waals surface area contributed by atoms with E-state index in [0.717, 1.165) is 19.6 Å². The Morgan fingerprint density at radius 1 is 1.30 bits per heavy atom. The maximum absolute atomic E-state index is 11.6. The highest BCUT2D eigenvalue weighted by Crippen LogP contribution is 2.10. The fraction of sp³-hybridized carbons (Fsp3) is 0.467. The molecule has 108 valence electrons. The summed E-state index contributed by atoms with van der Waals surface area (Å²) in [6.45, 7) is 7.98. The van der Waals surface area contributed by atoms with Gasteiger partial charge in [0.2, 0.25) is 0 Å². The molecule has 1 rings (SSSR count). The van der Waals surface area contributed by atoms with Gasteiger partial charge in [0.05, 0.1) is 37.8 Å². The van der Waals surface area contributed by atoms with Crippen LogP contribution in [0.4, 0.5) is 0 Å². The highest BCUT2D eigenvalue weighted by Gasteiger charge is 2.05. The Labute approximate surface area is 120 Å². The standard InChI is InChI=1S/C15H21N3O2/c1-3-18(4-2)10-9-17-15(19)12-20-14-7-5-13(11-16)6-8-14/h5-8H,3-4,9-10,12H2,1-2H3,(H,17,19)/p+1. The Bertz CT molecular complexity index is 447. The quantitative estimate of drug-likeness (QED) is 0.701. The summed E-state index contributed by atoms with van der Waals surface area (Å²) < 4.78 is 5.35. The van der Waals surface area contributed by atoms with E-state index in [-0.39, 0.29) is 12.5 Å². The minimum atomic E-state index is -0.124. The molecule has 20 heavy (non-hydrogen) atoms. The van der Waals surface area contributed by atoms with E-state index in [4.69, 9.17) is 10.00 Å². The SMILES string of the molecule is CC[NH+](CC)CCNC(=O)COc1ccc(C#N)cc1. The van der Waals surface area contributed by atoms with Crippen LogP contribution in [-0.4, -0.2) is 38.7 Å². The smallest absolute Gasteiger partial charge is 0.258 e. The molecule has 0 aliphatic carbocycles. The molecule has 0 atom stereocenters. The van der Waals surface area contributed by atoms with Crippen LogP contribution in [0.1, 0.15) is 19.4 Å². The molecule has 0 spiro atoms. The number of hydrogen-bond donors (Lipinski definition) is 2. The number of ether oxygens (including phenoxy) is 1. The first-order valence-corrected chi connectivity index (χ1v) is 6.92. The first-order chi connectivity index (χ1) is 9.69. The Hall–Kier alpha value is -2.06. The topological polar surface area (TPSA) is 66.6 Å². The second kappa shape index (κ2) is 8.94. The predicted molar refractivity (Wildman–Crippen MR) is 76.6 cm³/mol. The van der Waals surface area contributed by atoms with Crippen molar-refractivity contribution in [3.05, 3.63) is 29.8 Å². The molecule has 0 aromatic heterocycles. The molecular formula is C15H22N3O2+. The molecule has 0 fully saturated rings. The van der Waals surface area contributed by atoms with E-state index >= 15 is 0 Å². The number of nitrogens with one attached hydrogen (secondary N) is 2. The van der Waals surface area contributed by atoms with E-state index in [1.54, 1.807) is 24.3 Å². The molecule has 0 saturated heterocycles. The summed E-state index contributed by atoms with van der Waals surface area (Å²) in [5.41, 5.74) is 0.573. The summed E-state index contributed by atoms with van der Waals surface area (Å²) in [7, 11) is 0. The number of hydrogen-bond acceptors (Lipinski definition) is 3. The zero-order valence-corrected chi connectivity index (χ0v) is 12.1. The highest BCUT2D eigenvalue weighted by atomic mass is 16.5. The van der Waals surface area contributed by atoms with Gasteiger partial charge in [-0.2, -0.15) is 5.26 Å². The van der Waals surface area contributed by atoms with Gasteiger partial charge in [0.1, 0.15) is 5.75 Å². The molecule has 2 N–H and O–H groups in total. The fourth-order valence-corrected chi connectivity index (χ4v) is 1.81. The third-order valence-electron chi connectivity index (χ3n) is 3.15. The van der Waals surface area contributed by atoms with Gasteiger partial charge in [-0.05, 0) is 38.1 Å². The minimum absolute atomic E-state index is 0.000512. The molecule has 0 heterocycles. The third kappa shape index (κ3) is 5.72. The van der Waals surface area contributed by atoms with E-state index in [9.17, 15) is 4.79 Å². The van der Waals surface area contributed by atoms with Gasteiger partial charge in [-0.15, -0.1) is 0 Å². The van der Waals surface area contributed by atoms with Crippen molar-refractivity contribution in [1.82, 2.24) is 5.32 Å². The summed E-state index contributed by atoms with van der Waals surface area (Å²) in [6.07, 6.45) is 0. The van der Waals surface area contributed by atoms with Crippen LogP contribution in [0.15, 0.2) is 24.3 Å². The second-order valence-electron chi connectivity index (χ2n) is 4.48. The molecule has 0 radical (unpaired) electrons. The first kappa shape index (κ1) is 16.0. The number of carbonyl (C=O) groups is 1. The first-order valence-electron chi connectivity index (χ1n) is 6.92. The van der Waals surface area contributed by atoms with E-state index in [1.165, 1.54) is 4.90 Å². The number of carbonyl (C=O) groups excluding carboxylic acids is 1. The lowest BCUT2D eigenvalue weighted by Gasteiger charge is -2.15. The fourth-order valence-electron chi connectivity index (χ4n) is 1.81. The van der Waals surface area contributed by atoms with E-state index in [1.807, 2.05) is 6.07 Å². The van der Waals surface area contributed by atoms with Crippen LogP contribution in [0.3, 0.4) is 0 Å². The summed E-state index contributed by atoms with van der Waals surface area (Å²) in [5, 5.41) is 11.5. The van der Waals surface area contributed by atoms with Gasteiger partial charge >= 0.3 is 0 Å². The Balaban J connectivity index is 2.24. The highest BCUT2D eigenvalue weighted by molar-refractivity contribution is 5.77. The van der Waals surface area contributed by atoms with Crippen LogP contribution < -0.4 is 15.0 Å². The van der Waals surface area contributed by atoms with Crippen LogP contribution >= 0.6 is 0 Å². The molecule has 1 aromatic carbocycles.